The molecule has 0 radical (unpaired) electrons. The van der Waals surface area contributed by atoms with Gasteiger partial charge in [-0.3, -0.25) is 14.6 Å². The molecule has 1 aliphatic heterocycles. The Kier molecular flexibility index (Phi) is 4.43. The van der Waals surface area contributed by atoms with Crippen molar-refractivity contribution in [2.75, 3.05) is 12.4 Å². The molecule has 6 nitrogen and oxygen atoms in total. The zero-order valence-corrected chi connectivity index (χ0v) is 15.2. The standard InChI is InChI=1S/C20H15N3O3S/c1-26-15-7-8-16-12(10-15)9-13(19(24)22-16)11-17-18(23-20(25)27-17)21-14-5-3-2-4-6-14/h2-11,21H,1H3,(H,23,25)/b13-11-. The van der Waals surface area contributed by atoms with Gasteiger partial charge in [-0.25, -0.2) is 4.99 Å². The molecule has 134 valence electrons. The summed E-state index contributed by atoms with van der Waals surface area (Å²) in [5.41, 5.74) is 1.24. The van der Waals surface area contributed by atoms with Crippen LogP contribution in [-0.2, 0) is 4.79 Å². The predicted molar refractivity (Wildman–Crippen MR) is 106 cm³/mol. The number of hydrogen-bond acceptors (Lipinski definition) is 5. The van der Waals surface area contributed by atoms with Gasteiger partial charge in [0.25, 0.3) is 5.91 Å². The summed E-state index contributed by atoms with van der Waals surface area (Å²) in [6.07, 6.45) is 3.42. The molecule has 1 aromatic heterocycles. The molecule has 0 fully saturated rings. The number of hydrogen-bond donors (Lipinski definition) is 2. The lowest BCUT2D eigenvalue weighted by molar-refractivity contribution is -0.114. The topological polar surface area (TPSA) is 83.5 Å². The third kappa shape index (κ3) is 3.58. The average Bonchev–Trinajstić information content (AvgIpc) is 3.01. The fraction of sp³-hybridized carbons (Fsp3) is 0.0500. The fourth-order valence-electron chi connectivity index (χ4n) is 2.73. The molecule has 0 atom stereocenters. The minimum Gasteiger partial charge on any atom is -0.497 e. The summed E-state index contributed by atoms with van der Waals surface area (Å²) in [5, 5.41) is 4.56. The number of amides is 1. The second-order valence-electron chi connectivity index (χ2n) is 5.83. The smallest absolute Gasteiger partial charge is 0.306 e. The van der Waals surface area contributed by atoms with Crippen LogP contribution in [-0.4, -0.2) is 18.0 Å². The van der Waals surface area contributed by atoms with Crippen LogP contribution in [0.25, 0.3) is 12.2 Å². The first-order chi connectivity index (χ1) is 13.1. The number of nitrogens with one attached hydrogen (secondary N) is 2. The van der Waals surface area contributed by atoms with Gasteiger partial charge in [-0.1, -0.05) is 29.5 Å². The van der Waals surface area contributed by atoms with Gasteiger partial charge in [0.1, 0.15) is 11.6 Å². The Morgan fingerprint density at radius 1 is 1.15 bits per heavy atom. The van der Waals surface area contributed by atoms with Crippen molar-refractivity contribution < 1.29 is 9.53 Å². The van der Waals surface area contributed by atoms with Crippen molar-refractivity contribution in [1.29, 1.82) is 0 Å². The highest BCUT2D eigenvalue weighted by Crippen LogP contribution is 2.24. The monoisotopic (exact) mass is 377 g/mol. The number of carbonyl (C=O) groups excluding carboxylic acids is 1. The van der Waals surface area contributed by atoms with Crippen LogP contribution >= 0.6 is 11.3 Å². The van der Waals surface area contributed by atoms with Crippen molar-refractivity contribution in [3.05, 3.63) is 79.2 Å². The van der Waals surface area contributed by atoms with Crippen LogP contribution in [0.4, 0.5) is 11.5 Å². The number of methoxy groups -OCH3 is 1. The molecule has 2 aromatic carbocycles. The van der Waals surface area contributed by atoms with E-state index in [0.29, 0.717) is 27.4 Å². The minimum absolute atomic E-state index is 0.206. The van der Waals surface area contributed by atoms with E-state index in [2.05, 4.69) is 15.3 Å². The highest BCUT2D eigenvalue weighted by atomic mass is 32.1. The van der Waals surface area contributed by atoms with E-state index < -0.39 is 0 Å². The van der Waals surface area contributed by atoms with Gasteiger partial charge in [0.05, 0.1) is 17.3 Å². The number of H-pyrrole nitrogens is 1. The molecule has 0 saturated carbocycles. The van der Waals surface area contributed by atoms with Crippen LogP contribution in [0.2, 0.25) is 0 Å². The molecule has 0 unspecified atom stereocenters. The van der Waals surface area contributed by atoms with E-state index in [-0.39, 0.29) is 10.8 Å². The molecule has 1 aliphatic rings. The summed E-state index contributed by atoms with van der Waals surface area (Å²) in [6, 6.07) is 14.8. The average molecular weight is 377 g/mol. The molecule has 7 heteroatoms. The first-order valence-corrected chi connectivity index (χ1v) is 9.00. The fourth-order valence-corrected chi connectivity index (χ4v) is 3.47. The second-order valence-corrected chi connectivity index (χ2v) is 6.85. The molecule has 4 rings (SSSR count). The van der Waals surface area contributed by atoms with Gasteiger partial charge in [-0.15, -0.1) is 0 Å². The largest absolute Gasteiger partial charge is 0.497 e. The number of aromatic nitrogens is 1. The van der Waals surface area contributed by atoms with E-state index in [1.807, 2.05) is 36.4 Å². The zero-order valence-electron chi connectivity index (χ0n) is 14.4. The first-order valence-electron chi connectivity index (χ1n) is 8.18. The van der Waals surface area contributed by atoms with Crippen molar-refractivity contribution in [3.8, 4) is 5.75 Å². The maximum Gasteiger partial charge on any atom is 0.306 e. The number of anilines is 2. The highest BCUT2D eigenvalue weighted by Gasteiger charge is 2.14. The summed E-state index contributed by atoms with van der Waals surface area (Å²) in [4.78, 5) is 31.6. The summed E-state index contributed by atoms with van der Waals surface area (Å²) < 4.78 is 5.23. The number of benzene rings is 2. The van der Waals surface area contributed by atoms with E-state index >= 15 is 0 Å². The summed E-state index contributed by atoms with van der Waals surface area (Å²) in [5.74, 6) is 0.882. The number of carbonyl (C=O) groups is 1. The van der Waals surface area contributed by atoms with Crippen LogP contribution in [0.15, 0.2) is 63.9 Å². The Hall–Kier alpha value is -3.45. The van der Waals surface area contributed by atoms with Crippen LogP contribution < -0.4 is 25.5 Å². The highest BCUT2D eigenvalue weighted by molar-refractivity contribution is 7.10. The molecule has 3 aromatic rings. The van der Waals surface area contributed by atoms with E-state index in [9.17, 15) is 9.59 Å². The molecule has 0 aliphatic carbocycles. The van der Waals surface area contributed by atoms with Crippen molar-refractivity contribution in [2.45, 2.75) is 0 Å². The number of rotatable bonds is 4. The number of fused-ring (bicyclic) bond motifs is 1. The molecular weight excluding hydrogens is 362 g/mol. The van der Waals surface area contributed by atoms with E-state index in [4.69, 9.17) is 4.74 Å². The Morgan fingerprint density at radius 2 is 1.96 bits per heavy atom. The summed E-state index contributed by atoms with van der Waals surface area (Å²) >= 11 is 1.03. The second kappa shape index (κ2) is 7.05. The lowest BCUT2D eigenvalue weighted by Gasteiger charge is -2.07. The Balaban J connectivity index is 1.76. The van der Waals surface area contributed by atoms with Crippen LogP contribution in [0.1, 0.15) is 4.88 Å². The van der Waals surface area contributed by atoms with Gasteiger partial charge in [0.2, 0.25) is 0 Å². The maximum absolute atomic E-state index is 12.4. The Bertz CT molecular complexity index is 1220. The quantitative estimate of drug-likeness (QED) is 0.683. The van der Waals surface area contributed by atoms with Crippen LogP contribution in [0.3, 0.4) is 0 Å². The third-order valence-corrected chi connectivity index (χ3v) is 4.85. The molecule has 2 heterocycles. The van der Waals surface area contributed by atoms with E-state index in [1.54, 1.807) is 31.4 Å². The van der Waals surface area contributed by atoms with Gasteiger partial charge in [0, 0.05) is 16.5 Å². The minimum atomic E-state index is -0.348. The van der Waals surface area contributed by atoms with Crippen molar-refractivity contribution in [1.82, 2.24) is 4.98 Å². The van der Waals surface area contributed by atoms with Crippen LogP contribution in [0, 0.1) is 0 Å². The zero-order chi connectivity index (χ0) is 18.8. The van der Waals surface area contributed by atoms with Gasteiger partial charge in [-0.05, 0) is 42.5 Å². The number of para-hydroxylation sites is 1. The maximum atomic E-state index is 12.4. The number of ether oxygens (including phenoxy) is 1. The van der Waals surface area contributed by atoms with Gasteiger partial charge < -0.3 is 10.1 Å². The van der Waals surface area contributed by atoms with Gasteiger partial charge in [-0.2, -0.15) is 0 Å². The Morgan fingerprint density at radius 3 is 2.74 bits per heavy atom. The molecule has 27 heavy (non-hydrogen) atoms. The van der Waals surface area contributed by atoms with E-state index in [0.717, 1.165) is 22.2 Å². The SMILES string of the molecule is COc1ccc2c(c1)=C/C(=C/c1sc(=O)[nH]c1Nc1ccccc1)C(=O)N=2. The summed E-state index contributed by atoms with van der Waals surface area (Å²) in [6.45, 7) is 0. The lowest BCUT2D eigenvalue weighted by atomic mass is 10.1. The predicted octanol–water partition coefficient (Wildman–Crippen LogP) is 2.21. The molecular formula is C20H15N3O3S. The van der Waals surface area contributed by atoms with Crippen molar-refractivity contribution >= 4 is 40.9 Å². The van der Waals surface area contributed by atoms with Crippen molar-refractivity contribution in [2.24, 2.45) is 4.99 Å². The lowest BCUT2D eigenvalue weighted by Crippen LogP contribution is -2.30. The number of thiazole rings is 1. The summed E-state index contributed by atoms with van der Waals surface area (Å²) in [7, 11) is 1.59. The molecule has 0 saturated heterocycles. The molecule has 0 spiro atoms. The third-order valence-electron chi connectivity index (χ3n) is 4.02. The van der Waals surface area contributed by atoms with Gasteiger partial charge in [0.15, 0.2) is 0 Å². The van der Waals surface area contributed by atoms with E-state index in [1.165, 1.54) is 0 Å². The number of aromatic amines is 1. The first kappa shape index (κ1) is 17.0. The Labute approximate surface area is 158 Å². The molecule has 2 N–H and O–H groups in total. The normalized spacial score (nSPS) is 14.3. The van der Waals surface area contributed by atoms with Crippen LogP contribution in [0.5, 0.6) is 5.75 Å². The van der Waals surface area contributed by atoms with Gasteiger partial charge >= 0.3 is 4.87 Å². The number of nitrogens with zero attached hydrogens (tertiary/aromatic N) is 1. The molecule has 0 bridgehead atoms. The molecule has 1 amide bonds. The van der Waals surface area contributed by atoms with Crippen molar-refractivity contribution in [3.63, 3.8) is 0 Å².